The summed E-state index contributed by atoms with van der Waals surface area (Å²) < 4.78 is 22.2. The highest BCUT2D eigenvalue weighted by Crippen LogP contribution is 2.35. The van der Waals surface area contributed by atoms with Crippen molar-refractivity contribution in [1.82, 2.24) is 16.1 Å². The minimum absolute atomic E-state index is 0.154. The van der Waals surface area contributed by atoms with Gasteiger partial charge in [0.15, 0.2) is 17.7 Å². The van der Waals surface area contributed by atoms with Gasteiger partial charge in [-0.25, -0.2) is 9.59 Å². The number of hydrogen-bond donors (Lipinski definition) is 4. The number of methoxy groups -OCH3 is 1. The second-order valence-corrected chi connectivity index (χ2v) is 9.51. The van der Waals surface area contributed by atoms with E-state index in [1.54, 1.807) is 31.2 Å². The summed E-state index contributed by atoms with van der Waals surface area (Å²) in [5, 5.41) is 20.3. The molecule has 0 fully saturated rings. The lowest BCUT2D eigenvalue weighted by molar-refractivity contribution is -0.136. The third-order valence-electron chi connectivity index (χ3n) is 6.18. The van der Waals surface area contributed by atoms with Crippen molar-refractivity contribution in [2.75, 3.05) is 20.3 Å². The molecule has 1 aliphatic heterocycles. The highest BCUT2D eigenvalue weighted by Gasteiger charge is 2.32. The molecular formula is C29H31ClN4O7. The fourth-order valence-electron chi connectivity index (χ4n) is 4.24. The minimum atomic E-state index is -1.15. The number of carbonyl (C=O) groups is 2. The molecule has 2 amide bonds. The number of aliphatic hydroxyl groups excluding tert-OH is 1. The molecule has 0 radical (unpaired) electrons. The van der Waals surface area contributed by atoms with Crippen LogP contribution in [0, 0.1) is 6.92 Å². The molecule has 216 valence electrons. The molecule has 41 heavy (non-hydrogen) atoms. The number of nitrogens with one attached hydrogen (secondary N) is 3. The van der Waals surface area contributed by atoms with Gasteiger partial charge in [0.25, 0.3) is 0 Å². The van der Waals surface area contributed by atoms with Crippen LogP contribution in [0.25, 0.3) is 11.3 Å². The summed E-state index contributed by atoms with van der Waals surface area (Å²) in [6, 6.07) is 12.9. The van der Waals surface area contributed by atoms with Crippen LogP contribution in [0.1, 0.15) is 36.8 Å². The van der Waals surface area contributed by atoms with Crippen LogP contribution in [-0.2, 0) is 9.53 Å². The predicted molar refractivity (Wildman–Crippen MR) is 153 cm³/mol. The van der Waals surface area contributed by atoms with Gasteiger partial charge >= 0.3 is 12.0 Å². The number of hydrazone groups is 1. The Morgan fingerprint density at radius 2 is 1.98 bits per heavy atom. The molecule has 0 spiro atoms. The van der Waals surface area contributed by atoms with Gasteiger partial charge in [-0.2, -0.15) is 5.10 Å². The molecular weight excluding hydrogens is 552 g/mol. The number of halogens is 1. The lowest BCUT2D eigenvalue weighted by Gasteiger charge is -2.28. The van der Waals surface area contributed by atoms with Crippen LogP contribution < -0.4 is 25.5 Å². The third-order valence-corrected chi connectivity index (χ3v) is 6.41. The van der Waals surface area contributed by atoms with E-state index in [1.807, 2.05) is 38.1 Å². The van der Waals surface area contributed by atoms with E-state index in [1.165, 1.54) is 13.3 Å². The smallest absolute Gasteiger partial charge is 0.337 e. The number of allylic oxidation sites excluding steroid dienone is 1. The molecule has 4 rings (SSSR count). The minimum Gasteiger partial charge on any atom is -0.490 e. The van der Waals surface area contributed by atoms with Crippen molar-refractivity contribution in [2.24, 2.45) is 5.10 Å². The number of hydrogen-bond acceptors (Lipinski definition) is 9. The number of furan rings is 1. The first-order valence-corrected chi connectivity index (χ1v) is 13.2. The standard InChI is InChI=1S/C29H31ClN4O7/c1-5-39-24-12-18(27-26(28(36)38-4)17(3)32-29(37)33-27)7-10-23(24)40-15-25(35)34-31-14-20-9-11-22(41-20)21-13-19(30)8-6-16(21)2/h6-14,25,27,34-35H,5,15H2,1-4H3,(H2,32,33,37)/b31-14+/t25-,27+/m0/s1. The number of aliphatic hydroxyl groups is 1. The first-order chi connectivity index (χ1) is 19.7. The van der Waals surface area contributed by atoms with E-state index in [4.69, 9.17) is 30.2 Å². The van der Waals surface area contributed by atoms with Crippen molar-refractivity contribution in [1.29, 1.82) is 0 Å². The second-order valence-electron chi connectivity index (χ2n) is 9.08. The SMILES string of the molecule is CCOc1cc([C@H]2NC(=O)NC(C)=C2C(=O)OC)ccc1OC[C@H](O)N/N=C/c1ccc(-c2cc(Cl)ccc2C)o1. The Kier molecular flexibility index (Phi) is 9.53. The number of rotatable bonds is 11. The van der Waals surface area contributed by atoms with Gasteiger partial charge in [0.2, 0.25) is 0 Å². The first kappa shape index (κ1) is 29.5. The fraction of sp³-hybridized carbons (Fsp3) is 0.276. The molecule has 0 aliphatic carbocycles. The molecule has 1 aliphatic rings. The van der Waals surface area contributed by atoms with E-state index in [2.05, 4.69) is 21.2 Å². The van der Waals surface area contributed by atoms with Gasteiger partial charge in [-0.15, -0.1) is 0 Å². The summed E-state index contributed by atoms with van der Waals surface area (Å²) in [6.07, 6.45) is 0.291. The van der Waals surface area contributed by atoms with E-state index < -0.39 is 24.3 Å². The number of carbonyl (C=O) groups excluding carboxylic acids is 2. The first-order valence-electron chi connectivity index (χ1n) is 12.8. The quantitative estimate of drug-likeness (QED) is 0.112. The summed E-state index contributed by atoms with van der Waals surface area (Å²) in [7, 11) is 1.27. The summed E-state index contributed by atoms with van der Waals surface area (Å²) >= 11 is 6.11. The maximum absolute atomic E-state index is 12.4. The Morgan fingerprint density at radius 3 is 2.73 bits per heavy atom. The number of esters is 1. The summed E-state index contributed by atoms with van der Waals surface area (Å²) in [6.45, 7) is 5.58. The molecule has 2 aromatic carbocycles. The average molecular weight is 583 g/mol. The maximum Gasteiger partial charge on any atom is 0.337 e. The third kappa shape index (κ3) is 7.19. The van der Waals surface area contributed by atoms with Crippen LogP contribution in [-0.4, -0.2) is 49.9 Å². The number of nitrogens with zero attached hydrogens (tertiary/aromatic N) is 1. The van der Waals surface area contributed by atoms with Crippen LogP contribution in [0.2, 0.25) is 5.02 Å². The van der Waals surface area contributed by atoms with Gasteiger partial charge in [-0.1, -0.05) is 23.7 Å². The molecule has 2 heterocycles. The zero-order valence-electron chi connectivity index (χ0n) is 23.0. The Balaban J connectivity index is 1.40. The Morgan fingerprint density at radius 1 is 1.17 bits per heavy atom. The molecule has 3 aromatic rings. The van der Waals surface area contributed by atoms with Gasteiger partial charge in [0, 0.05) is 16.3 Å². The molecule has 1 aromatic heterocycles. The molecule has 12 heteroatoms. The van der Waals surface area contributed by atoms with E-state index in [0.29, 0.717) is 45.9 Å². The Hall–Kier alpha value is -4.48. The van der Waals surface area contributed by atoms with E-state index >= 15 is 0 Å². The second kappa shape index (κ2) is 13.2. The molecule has 11 nitrogen and oxygen atoms in total. The van der Waals surface area contributed by atoms with Crippen molar-refractivity contribution in [3.63, 3.8) is 0 Å². The van der Waals surface area contributed by atoms with Crippen LogP contribution in [0.15, 0.2) is 69.3 Å². The molecule has 0 bridgehead atoms. The van der Waals surface area contributed by atoms with E-state index in [0.717, 1.165) is 11.1 Å². The normalized spacial score (nSPS) is 15.8. The Labute approximate surface area is 242 Å². The van der Waals surface area contributed by atoms with Crippen molar-refractivity contribution in [3.05, 3.63) is 81.7 Å². The van der Waals surface area contributed by atoms with E-state index in [-0.39, 0.29) is 12.2 Å². The zero-order chi connectivity index (χ0) is 29.5. The van der Waals surface area contributed by atoms with Crippen LogP contribution in [0.3, 0.4) is 0 Å². The number of ether oxygens (including phenoxy) is 3. The largest absolute Gasteiger partial charge is 0.490 e. The van der Waals surface area contributed by atoms with Gasteiger partial charge in [-0.05, 0) is 68.3 Å². The highest BCUT2D eigenvalue weighted by molar-refractivity contribution is 6.30. The van der Waals surface area contributed by atoms with Gasteiger partial charge in [-0.3, -0.25) is 5.43 Å². The van der Waals surface area contributed by atoms with Crippen LogP contribution >= 0.6 is 11.6 Å². The van der Waals surface area contributed by atoms with Crippen molar-refractivity contribution in [2.45, 2.75) is 33.0 Å². The lowest BCUT2D eigenvalue weighted by Crippen LogP contribution is -2.45. The predicted octanol–water partition coefficient (Wildman–Crippen LogP) is 4.43. The number of amides is 2. The van der Waals surface area contributed by atoms with Crippen molar-refractivity contribution < 1.29 is 33.3 Å². The average Bonchev–Trinajstić information content (AvgIpc) is 3.41. The van der Waals surface area contributed by atoms with Gasteiger partial charge in [0.1, 0.15) is 18.1 Å². The molecule has 4 N–H and O–H groups in total. The Bertz CT molecular complexity index is 1480. The van der Waals surface area contributed by atoms with Crippen molar-refractivity contribution >= 4 is 29.8 Å². The van der Waals surface area contributed by atoms with E-state index in [9.17, 15) is 14.7 Å². The van der Waals surface area contributed by atoms with Gasteiger partial charge < -0.3 is 34.4 Å². The summed E-state index contributed by atoms with van der Waals surface area (Å²) in [4.78, 5) is 24.5. The van der Waals surface area contributed by atoms with Crippen LogP contribution in [0.5, 0.6) is 11.5 Å². The monoisotopic (exact) mass is 582 g/mol. The van der Waals surface area contributed by atoms with Crippen molar-refractivity contribution in [3.8, 4) is 22.8 Å². The molecule has 0 saturated heterocycles. The molecule has 0 saturated carbocycles. The maximum atomic E-state index is 12.4. The highest BCUT2D eigenvalue weighted by atomic mass is 35.5. The summed E-state index contributed by atoms with van der Waals surface area (Å²) in [5.41, 5.74) is 5.74. The van der Waals surface area contributed by atoms with Crippen LogP contribution in [0.4, 0.5) is 4.79 Å². The van der Waals surface area contributed by atoms with Gasteiger partial charge in [0.05, 0.1) is 31.5 Å². The molecule has 0 unspecified atom stereocenters. The lowest BCUT2D eigenvalue weighted by atomic mass is 9.95. The fourth-order valence-corrected chi connectivity index (χ4v) is 4.41. The molecule has 2 atom stereocenters. The zero-order valence-corrected chi connectivity index (χ0v) is 23.7. The summed E-state index contributed by atoms with van der Waals surface area (Å²) in [5.74, 6) is 1.28. The topological polar surface area (TPSA) is 144 Å². The number of benzene rings is 2. The number of aryl methyl sites for hydroxylation is 1. The number of urea groups is 1.